The fourth-order valence-electron chi connectivity index (χ4n) is 2.72. The number of aromatic nitrogens is 2. The minimum Gasteiger partial charge on any atom is -0.396 e. The maximum atomic E-state index is 12.7. The van der Waals surface area contributed by atoms with Crippen LogP contribution in [0.4, 0.5) is 0 Å². The van der Waals surface area contributed by atoms with Gasteiger partial charge in [0.05, 0.1) is 16.6 Å². The molecule has 6 nitrogen and oxygen atoms in total. The monoisotopic (exact) mass is 317 g/mol. The van der Waals surface area contributed by atoms with Crippen LogP contribution in [0, 0.1) is 0 Å². The molecule has 6 heteroatoms. The zero-order chi connectivity index (χ0) is 16.6. The predicted octanol–water partition coefficient (Wildman–Crippen LogP) is 2.72. The van der Waals surface area contributed by atoms with E-state index in [9.17, 15) is 4.79 Å². The first-order valence-electron chi connectivity index (χ1n) is 8.23. The van der Waals surface area contributed by atoms with Crippen molar-refractivity contribution in [2.45, 2.75) is 57.9 Å². The van der Waals surface area contributed by atoms with Crippen LogP contribution in [0.15, 0.2) is 10.6 Å². The molecule has 3 rings (SSSR count). The number of amides is 1. The molecule has 1 unspecified atom stereocenters. The molecule has 2 aromatic rings. The zero-order valence-corrected chi connectivity index (χ0v) is 13.8. The van der Waals surface area contributed by atoms with Crippen LogP contribution in [0.1, 0.15) is 73.6 Å². The van der Waals surface area contributed by atoms with Crippen molar-refractivity contribution in [1.82, 2.24) is 15.5 Å². The van der Waals surface area contributed by atoms with Gasteiger partial charge in [-0.3, -0.25) is 4.79 Å². The normalized spacial score (nSPS) is 16.0. The molecule has 1 fully saturated rings. The molecule has 124 valence electrons. The number of carbonyl (C=O) groups is 1. The second-order valence-corrected chi connectivity index (χ2v) is 6.66. The van der Waals surface area contributed by atoms with Gasteiger partial charge in [-0.15, -0.1) is 0 Å². The van der Waals surface area contributed by atoms with E-state index < -0.39 is 0 Å². The molecule has 1 aliphatic rings. The van der Waals surface area contributed by atoms with E-state index in [-0.39, 0.29) is 24.5 Å². The number of aliphatic hydroxyl groups excluding tert-OH is 1. The van der Waals surface area contributed by atoms with Crippen molar-refractivity contribution in [2.75, 3.05) is 6.61 Å². The number of nitrogens with one attached hydrogen (secondary N) is 1. The summed E-state index contributed by atoms with van der Waals surface area (Å²) in [6.45, 7) is 5.96. The maximum Gasteiger partial charge on any atom is 0.259 e. The Hall–Kier alpha value is -1.95. The Bertz CT molecular complexity index is 719. The van der Waals surface area contributed by atoms with E-state index in [1.807, 2.05) is 26.8 Å². The number of nitrogens with zero attached hydrogens (tertiary/aromatic N) is 2. The molecular weight excluding hydrogens is 294 g/mol. The topological polar surface area (TPSA) is 88.2 Å². The molecule has 1 atom stereocenters. The van der Waals surface area contributed by atoms with Gasteiger partial charge < -0.3 is 14.9 Å². The Balaban J connectivity index is 2.04. The molecule has 1 saturated carbocycles. The van der Waals surface area contributed by atoms with Crippen molar-refractivity contribution in [3.8, 4) is 0 Å². The van der Waals surface area contributed by atoms with Crippen LogP contribution in [-0.4, -0.2) is 33.8 Å². The Labute approximate surface area is 135 Å². The van der Waals surface area contributed by atoms with Crippen LogP contribution in [0.3, 0.4) is 0 Å². The lowest BCUT2D eigenvalue weighted by molar-refractivity contribution is 0.0936. The summed E-state index contributed by atoms with van der Waals surface area (Å²) in [5.41, 5.74) is 2.68. The number of pyridine rings is 1. The zero-order valence-electron chi connectivity index (χ0n) is 13.8. The van der Waals surface area contributed by atoms with Crippen molar-refractivity contribution in [3.05, 3.63) is 23.0 Å². The highest BCUT2D eigenvalue weighted by Gasteiger charge is 2.29. The van der Waals surface area contributed by atoms with E-state index in [1.165, 1.54) is 0 Å². The highest BCUT2D eigenvalue weighted by molar-refractivity contribution is 6.06. The van der Waals surface area contributed by atoms with Crippen molar-refractivity contribution < 1.29 is 14.4 Å². The third-order valence-corrected chi connectivity index (χ3v) is 4.22. The van der Waals surface area contributed by atoms with E-state index in [2.05, 4.69) is 15.5 Å². The highest BCUT2D eigenvalue weighted by Crippen LogP contribution is 2.41. The Kier molecular flexibility index (Phi) is 4.35. The minimum absolute atomic E-state index is 0.0467. The van der Waals surface area contributed by atoms with E-state index in [1.54, 1.807) is 0 Å². The molecule has 0 radical (unpaired) electrons. The third kappa shape index (κ3) is 3.22. The second-order valence-electron chi connectivity index (χ2n) is 6.66. The lowest BCUT2D eigenvalue weighted by Gasteiger charge is -2.14. The van der Waals surface area contributed by atoms with Crippen molar-refractivity contribution in [2.24, 2.45) is 0 Å². The summed E-state index contributed by atoms with van der Waals surface area (Å²) >= 11 is 0. The van der Waals surface area contributed by atoms with Gasteiger partial charge in [0.25, 0.3) is 11.6 Å². The summed E-state index contributed by atoms with van der Waals surface area (Å²) in [7, 11) is 0. The Morgan fingerprint density at radius 3 is 2.78 bits per heavy atom. The molecule has 2 N–H and O–H groups in total. The molecule has 0 saturated heterocycles. The van der Waals surface area contributed by atoms with Crippen molar-refractivity contribution in [1.29, 1.82) is 0 Å². The lowest BCUT2D eigenvalue weighted by Crippen LogP contribution is -2.33. The number of carbonyl (C=O) groups excluding carboxylic acids is 1. The van der Waals surface area contributed by atoms with E-state index in [4.69, 9.17) is 9.63 Å². The molecule has 0 aromatic carbocycles. The summed E-state index contributed by atoms with van der Waals surface area (Å²) < 4.78 is 5.39. The van der Waals surface area contributed by atoms with Gasteiger partial charge in [-0.1, -0.05) is 19.0 Å². The molecule has 1 amide bonds. The van der Waals surface area contributed by atoms with Crippen LogP contribution in [0.25, 0.3) is 11.1 Å². The largest absolute Gasteiger partial charge is 0.396 e. The quantitative estimate of drug-likeness (QED) is 0.855. The van der Waals surface area contributed by atoms with Gasteiger partial charge in [-0.05, 0) is 38.2 Å². The molecule has 2 aromatic heterocycles. The van der Waals surface area contributed by atoms with Gasteiger partial charge in [-0.2, -0.15) is 0 Å². The lowest BCUT2D eigenvalue weighted by atomic mass is 10.0. The first-order valence-corrected chi connectivity index (χ1v) is 8.23. The Morgan fingerprint density at radius 1 is 1.43 bits per heavy atom. The van der Waals surface area contributed by atoms with Crippen molar-refractivity contribution >= 4 is 17.0 Å². The fraction of sp³-hybridized carbons (Fsp3) is 0.588. The number of hydrogen-bond donors (Lipinski definition) is 2. The predicted molar refractivity (Wildman–Crippen MR) is 86.5 cm³/mol. The molecule has 2 heterocycles. The SMILES string of the molecule is CC(CCO)NC(=O)c1cc(C2CC2)nc2onc(C(C)C)c12. The molecule has 0 spiro atoms. The average molecular weight is 317 g/mol. The van der Waals surface area contributed by atoms with Crippen LogP contribution < -0.4 is 5.32 Å². The average Bonchev–Trinajstić information content (AvgIpc) is 3.25. The number of aliphatic hydroxyl groups is 1. The van der Waals surface area contributed by atoms with Gasteiger partial charge in [0.15, 0.2) is 0 Å². The van der Waals surface area contributed by atoms with Gasteiger partial charge in [0.2, 0.25) is 0 Å². The third-order valence-electron chi connectivity index (χ3n) is 4.22. The standard InChI is InChI=1S/C17H23N3O3/c1-9(2)15-14-12(16(22)18-10(3)6-7-21)8-13(11-4-5-11)19-17(14)23-20-15/h8-11,21H,4-7H2,1-3H3,(H,18,22). The van der Waals surface area contributed by atoms with Gasteiger partial charge in [0, 0.05) is 24.3 Å². The molecule has 0 bridgehead atoms. The summed E-state index contributed by atoms with van der Waals surface area (Å²) in [6, 6.07) is 1.78. The summed E-state index contributed by atoms with van der Waals surface area (Å²) in [5, 5.41) is 16.8. The first-order chi connectivity index (χ1) is 11.0. The van der Waals surface area contributed by atoms with Gasteiger partial charge in [-0.25, -0.2) is 4.98 Å². The summed E-state index contributed by atoms with van der Waals surface area (Å²) in [6.07, 6.45) is 2.73. The molecule has 0 aliphatic heterocycles. The molecular formula is C17H23N3O3. The van der Waals surface area contributed by atoms with Gasteiger partial charge in [0.1, 0.15) is 0 Å². The van der Waals surface area contributed by atoms with Crippen LogP contribution in [0.5, 0.6) is 0 Å². The fourth-order valence-corrected chi connectivity index (χ4v) is 2.72. The Morgan fingerprint density at radius 2 is 2.17 bits per heavy atom. The highest BCUT2D eigenvalue weighted by atomic mass is 16.5. The summed E-state index contributed by atoms with van der Waals surface area (Å²) in [5.74, 6) is 0.407. The molecule has 23 heavy (non-hydrogen) atoms. The number of hydrogen-bond acceptors (Lipinski definition) is 5. The van der Waals surface area contributed by atoms with Crippen molar-refractivity contribution in [3.63, 3.8) is 0 Å². The van der Waals surface area contributed by atoms with Crippen LogP contribution in [0.2, 0.25) is 0 Å². The smallest absolute Gasteiger partial charge is 0.259 e. The van der Waals surface area contributed by atoms with E-state index in [0.29, 0.717) is 29.0 Å². The second kappa shape index (κ2) is 6.28. The molecule has 1 aliphatic carbocycles. The van der Waals surface area contributed by atoms with Crippen LogP contribution in [-0.2, 0) is 0 Å². The van der Waals surface area contributed by atoms with Gasteiger partial charge >= 0.3 is 0 Å². The van der Waals surface area contributed by atoms with E-state index >= 15 is 0 Å². The van der Waals surface area contributed by atoms with E-state index in [0.717, 1.165) is 24.2 Å². The number of rotatable bonds is 6. The minimum atomic E-state index is -0.162. The van der Waals surface area contributed by atoms with Crippen LogP contribution >= 0.6 is 0 Å². The first kappa shape index (κ1) is 15.9. The maximum absolute atomic E-state index is 12.7. The number of fused-ring (bicyclic) bond motifs is 1. The summed E-state index contributed by atoms with van der Waals surface area (Å²) in [4.78, 5) is 17.3.